The zero-order valence-electron chi connectivity index (χ0n) is 9.59. The van der Waals surface area contributed by atoms with E-state index in [1.807, 2.05) is 24.3 Å². The lowest BCUT2D eigenvalue weighted by molar-refractivity contribution is 0.109. The Bertz CT molecular complexity index is 304. The van der Waals surface area contributed by atoms with Gasteiger partial charge in [-0.2, -0.15) is 0 Å². The average molecular weight is 306 g/mol. The van der Waals surface area contributed by atoms with E-state index >= 15 is 0 Å². The summed E-state index contributed by atoms with van der Waals surface area (Å²) in [6.07, 6.45) is 2.33. The van der Waals surface area contributed by atoms with Gasteiger partial charge in [0.25, 0.3) is 0 Å². The smallest absolute Gasteiger partial charge is 0.0717 e. The van der Waals surface area contributed by atoms with E-state index in [9.17, 15) is 0 Å². The lowest BCUT2D eigenvalue weighted by atomic mass is 10.1. The fourth-order valence-electron chi connectivity index (χ4n) is 1.43. The first-order valence-corrected chi connectivity index (χ1v) is 7.10. The summed E-state index contributed by atoms with van der Waals surface area (Å²) in [5.74, 6) is 0.721. The predicted molar refractivity (Wildman–Crippen MR) is 73.3 cm³/mol. The first kappa shape index (κ1) is 14.0. The van der Waals surface area contributed by atoms with Gasteiger partial charge in [0.2, 0.25) is 0 Å². The summed E-state index contributed by atoms with van der Waals surface area (Å²) in [5.41, 5.74) is 1.14. The molecule has 1 nitrogen and oxygen atoms in total. The van der Waals surface area contributed by atoms with Crippen LogP contribution in [0.1, 0.15) is 25.3 Å². The van der Waals surface area contributed by atoms with E-state index in [1.54, 1.807) is 0 Å². The highest BCUT2D eigenvalue weighted by atomic mass is 79.9. The number of hydrogen-bond acceptors (Lipinski definition) is 1. The van der Waals surface area contributed by atoms with Crippen molar-refractivity contribution in [3.05, 3.63) is 34.9 Å². The monoisotopic (exact) mass is 304 g/mol. The molecule has 0 saturated heterocycles. The Morgan fingerprint density at radius 2 is 2.19 bits per heavy atom. The van der Waals surface area contributed by atoms with E-state index in [0.717, 1.165) is 34.9 Å². The van der Waals surface area contributed by atoms with Crippen LogP contribution in [0.5, 0.6) is 0 Å². The van der Waals surface area contributed by atoms with Crippen molar-refractivity contribution in [3.8, 4) is 0 Å². The van der Waals surface area contributed by atoms with Crippen molar-refractivity contribution in [2.75, 3.05) is 11.9 Å². The quantitative estimate of drug-likeness (QED) is 0.525. The fourth-order valence-corrected chi connectivity index (χ4v) is 2.43. The molecule has 3 heteroatoms. The Morgan fingerprint density at radius 3 is 2.88 bits per heavy atom. The summed E-state index contributed by atoms with van der Waals surface area (Å²) in [7, 11) is 0. The molecule has 1 aromatic carbocycles. The highest BCUT2D eigenvalue weighted by Gasteiger charge is 2.01. The summed E-state index contributed by atoms with van der Waals surface area (Å²) in [5, 5.41) is 1.84. The Hall–Kier alpha value is -0.0500. The van der Waals surface area contributed by atoms with Gasteiger partial charge in [-0.3, -0.25) is 0 Å². The maximum atomic E-state index is 5.89. The van der Waals surface area contributed by atoms with Crippen LogP contribution in [-0.4, -0.2) is 11.9 Å². The molecule has 0 spiro atoms. The molecule has 0 N–H and O–H groups in total. The summed E-state index contributed by atoms with van der Waals surface area (Å²) in [6, 6.07) is 7.81. The van der Waals surface area contributed by atoms with Crippen molar-refractivity contribution >= 4 is 27.5 Å². The van der Waals surface area contributed by atoms with E-state index < -0.39 is 0 Å². The normalized spacial score (nSPS) is 12.7. The first-order valence-electron chi connectivity index (χ1n) is 5.60. The second kappa shape index (κ2) is 8.10. The molecule has 1 unspecified atom stereocenters. The minimum absolute atomic E-state index is 0.654. The van der Waals surface area contributed by atoms with Crippen molar-refractivity contribution in [1.82, 2.24) is 0 Å². The average Bonchev–Trinajstić information content (AvgIpc) is 2.25. The van der Waals surface area contributed by atoms with Crippen LogP contribution in [0.25, 0.3) is 0 Å². The number of rotatable bonds is 7. The standard InChI is InChI=1S/C13H18BrClO/c1-11(5-7-14)6-8-16-10-12-3-2-4-13(15)9-12/h2-4,9,11H,5-8,10H2,1H3. The minimum atomic E-state index is 0.654. The Labute approximate surface area is 111 Å². The summed E-state index contributed by atoms with van der Waals surface area (Å²) >= 11 is 9.34. The zero-order valence-corrected chi connectivity index (χ0v) is 11.9. The summed E-state index contributed by atoms with van der Waals surface area (Å²) in [6.45, 7) is 3.73. The Kier molecular flexibility index (Phi) is 7.10. The third-order valence-corrected chi connectivity index (χ3v) is 3.21. The van der Waals surface area contributed by atoms with E-state index in [0.29, 0.717) is 6.61 Å². The number of halogens is 2. The van der Waals surface area contributed by atoms with Gasteiger partial charge in [0.05, 0.1) is 6.61 Å². The van der Waals surface area contributed by atoms with Crippen LogP contribution < -0.4 is 0 Å². The maximum absolute atomic E-state index is 5.89. The van der Waals surface area contributed by atoms with E-state index in [1.165, 1.54) is 6.42 Å². The van der Waals surface area contributed by atoms with Gasteiger partial charge in [-0.05, 0) is 36.5 Å². The minimum Gasteiger partial charge on any atom is -0.377 e. The molecule has 0 saturated carbocycles. The largest absolute Gasteiger partial charge is 0.377 e. The number of benzene rings is 1. The molecule has 0 aliphatic heterocycles. The molecule has 16 heavy (non-hydrogen) atoms. The van der Waals surface area contributed by atoms with Gasteiger partial charge in [0, 0.05) is 17.0 Å². The van der Waals surface area contributed by atoms with Gasteiger partial charge in [-0.1, -0.05) is 46.6 Å². The maximum Gasteiger partial charge on any atom is 0.0717 e. The molecule has 0 radical (unpaired) electrons. The molecule has 0 fully saturated rings. The van der Waals surface area contributed by atoms with Crippen LogP contribution >= 0.6 is 27.5 Å². The first-order chi connectivity index (χ1) is 7.72. The Balaban J connectivity index is 2.16. The molecule has 0 aliphatic carbocycles. The van der Waals surface area contributed by atoms with Gasteiger partial charge >= 0.3 is 0 Å². The molecule has 1 rings (SSSR count). The number of hydrogen-bond donors (Lipinski definition) is 0. The molecule has 0 bridgehead atoms. The lowest BCUT2D eigenvalue weighted by Crippen LogP contribution is -2.02. The predicted octanol–water partition coefficient (Wildman–Crippen LogP) is 4.67. The van der Waals surface area contributed by atoms with Crippen LogP contribution in [0.15, 0.2) is 24.3 Å². The van der Waals surface area contributed by atoms with Crippen LogP contribution in [0, 0.1) is 5.92 Å². The molecule has 1 atom stereocenters. The third kappa shape index (κ3) is 5.88. The molecule has 1 aromatic rings. The fraction of sp³-hybridized carbons (Fsp3) is 0.538. The van der Waals surface area contributed by atoms with Gasteiger partial charge in [-0.25, -0.2) is 0 Å². The van der Waals surface area contributed by atoms with E-state index in [-0.39, 0.29) is 0 Å². The highest BCUT2D eigenvalue weighted by molar-refractivity contribution is 9.09. The summed E-state index contributed by atoms with van der Waals surface area (Å²) < 4.78 is 5.62. The van der Waals surface area contributed by atoms with Crippen molar-refractivity contribution in [3.63, 3.8) is 0 Å². The van der Waals surface area contributed by atoms with Crippen molar-refractivity contribution in [2.45, 2.75) is 26.4 Å². The number of alkyl halides is 1. The van der Waals surface area contributed by atoms with E-state index in [2.05, 4.69) is 22.9 Å². The van der Waals surface area contributed by atoms with Gasteiger partial charge in [-0.15, -0.1) is 0 Å². The molecular weight excluding hydrogens is 287 g/mol. The number of ether oxygens (including phenoxy) is 1. The molecule has 0 amide bonds. The molecule has 0 heterocycles. The molecular formula is C13H18BrClO. The van der Waals surface area contributed by atoms with Crippen molar-refractivity contribution < 1.29 is 4.74 Å². The van der Waals surface area contributed by atoms with Gasteiger partial charge in [0.1, 0.15) is 0 Å². The van der Waals surface area contributed by atoms with E-state index in [4.69, 9.17) is 16.3 Å². The molecule has 0 aromatic heterocycles. The molecule has 90 valence electrons. The van der Waals surface area contributed by atoms with Crippen LogP contribution in [0.3, 0.4) is 0 Å². The Morgan fingerprint density at radius 1 is 1.38 bits per heavy atom. The van der Waals surface area contributed by atoms with Crippen LogP contribution in [0.2, 0.25) is 5.02 Å². The third-order valence-electron chi connectivity index (χ3n) is 2.51. The topological polar surface area (TPSA) is 9.23 Å². The SMILES string of the molecule is CC(CCBr)CCOCc1cccc(Cl)c1. The zero-order chi connectivity index (χ0) is 11.8. The highest BCUT2D eigenvalue weighted by Crippen LogP contribution is 2.13. The van der Waals surface area contributed by atoms with Crippen LogP contribution in [-0.2, 0) is 11.3 Å². The second-order valence-electron chi connectivity index (χ2n) is 4.05. The van der Waals surface area contributed by atoms with Crippen molar-refractivity contribution in [2.24, 2.45) is 5.92 Å². The summed E-state index contributed by atoms with van der Waals surface area (Å²) in [4.78, 5) is 0. The second-order valence-corrected chi connectivity index (χ2v) is 5.28. The lowest BCUT2D eigenvalue weighted by Gasteiger charge is -2.09. The van der Waals surface area contributed by atoms with Gasteiger partial charge < -0.3 is 4.74 Å². The molecule has 0 aliphatic rings. The van der Waals surface area contributed by atoms with Crippen LogP contribution in [0.4, 0.5) is 0 Å². The van der Waals surface area contributed by atoms with Crippen molar-refractivity contribution in [1.29, 1.82) is 0 Å². The van der Waals surface area contributed by atoms with Gasteiger partial charge in [0.15, 0.2) is 0 Å².